The zero-order chi connectivity index (χ0) is 12.3. The predicted molar refractivity (Wildman–Crippen MR) is 63.5 cm³/mol. The van der Waals surface area contributed by atoms with Crippen LogP contribution >= 0.6 is 0 Å². The van der Waals surface area contributed by atoms with Crippen LogP contribution in [0.2, 0.25) is 0 Å². The highest BCUT2D eigenvalue weighted by Gasteiger charge is 2.07. The lowest BCUT2D eigenvalue weighted by Crippen LogP contribution is -2.07. The number of carboxylic acid groups (broad SMARTS) is 1. The summed E-state index contributed by atoms with van der Waals surface area (Å²) in [5.74, 6) is -0.377. The third-order valence-electron chi connectivity index (χ3n) is 2.45. The number of nitrogens with two attached hydrogens (primary N) is 1. The second-order valence-corrected chi connectivity index (χ2v) is 3.78. The Labute approximate surface area is 98.5 Å². The van der Waals surface area contributed by atoms with E-state index in [0.29, 0.717) is 12.4 Å². The molecule has 2 aromatic rings. The number of nitrogens with zero attached hydrogens (tertiary/aromatic N) is 2. The number of nitrogen functional groups attached to an aromatic ring is 1. The van der Waals surface area contributed by atoms with E-state index in [1.165, 1.54) is 0 Å². The molecule has 0 atom stereocenters. The number of hydrogen-bond donors (Lipinski definition) is 2. The van der Waals surface area contributed by atoms with E-state index in [4.69, 9.17) is 10.8 Å². The molecule has 0 saturated heterocycles. The van der Waals surface area contributed by atoms with Crippen molar-refractivity contribution in [2.75, 3.05) is 5.73 Å². The highest BCUT2D eigenvalue weighted by molar-refractivity contribution is 5.70. The van der Waals surface area contributed by atoms with E-state index in [9.17, 15) is 4.79 Å². The van der Waals surface area contributed by atoms with Gasteiger partial charge in [-0.1, -0.05) is 24.3 Å². The Kier molecular flexibility index (Phi) is 3.09. The summed E-state index contributed by atoms with van der Waals surface area (Å²) in [4.78, 5) is 10.7. The van der Waals surface area contributed by atoms with E-state index in [2.05, 4.69) is 5.10 Å². The summed E-state index contributed by atoms with van der Waals surface area (Å²) < 4.78 is 1.69. The molecule has 0 fully saturated rings. The average Bonchev–Trinajstić information content (AvgIpc) is 2.66. The van der Waals surface area contributed by atoms with Crippen LogP contribution in [-0.2, 0) is 17.8 Å². The van der Waals surface area contributed by atoms with Gasteiger partial charge in [-0.2, -0.15) is 5.10 Å². The summed E-state index contributed by atoms with van der Waals surface area (Å²) in [5.41, 5.74) is 7.27. The normalized spacial score (nSPS) is 10.4. The van der Waals surface area contributed by atoms with Gasteiger partial charge in [0.1, 0.15) is 5.82 Å². The lowest BCUT2D eigenvalue weighted by Gasteiger charge is -2.07. The monoisotopic (exact) mass is 231 g/mol. The van der Waals surface area contributed by atoms with Crippen LogP contribution in [0, 0.1) is 0 Å². The van der Waals surface area contributed by atoms with Crippen molar-refractivity contribution in [1.82, 2.24) is 9.78 Å². The maximum atomic E-state index is 10.7. The molecule has 1 heterocycles. The van der Waals surface area contributed by atoms with E-state index >= 15 is 0 Å². The summed E-state index contributed by atoms with van der Waals surface area (Å²) in [6.07, 6.45) is 1.79. The van der Waals surface area contributed by atoms with Crippen molar-refractivity contribution in [3.8, 4) is 0 Å². The topological polar surface area (TPSA) is 81.1 Å². The van der Waals surface area contributed by atoms with Crippen LogP contribution in [0.4, 0.5) is 5.82 Å². The van der Waals surface area contributed by atoms with Crippen molar-refractivity contribution in [2.45, 2.75) is 13.0 Å². The van der Waals surface area contributed by atoms with Gasteiger partial charge < -0.3 is 10.8 Å². The van der Waals surface area contributed by atoms with Crippen LogP contribution < -0.4 is 5.73 Å². The molecule has 1 aromatic heterocycles. The van der Waals surface area contributed by atoms with Gasteiger partial charge in [-0.3, -0.25) is 9.48 Å². The minimum Gasteiger partial charge on any atom is -0.481 e. The van der Waals surface area contributed by atoms with Crippen molar-refractivity contribution in [2.24, 2.45) is 0 Å². The van der Waals surface area contributed by atoms with Crippen LogP contribution in [-0.4, -0.2) is 20.9 Å². The zero-order valence-electron chi connectivity index (χ0n) is 9.21. The average molecular weight is 231 g/mol. The van der Waals surface area contributed by atoms with Crippen LogP contribution in [0.1, 0.15) is 11.1 Å². The number of hydrogen-bond acceptors (Lipinski definition) is 3. The summed E-state index contributed by atoms with van der Waals surface area (Å²) >= 11 is 0. The molecule has 2 rings (SSSR count). The molecule has 3 N–H and O–H groups in total. The Morgan fingerprint density at radius 3 is 2.59 bits per heavy atom. The maximum Gasteiger partial charge on any atom is 0.307 e. The Hall–Kier alpha value is -2.30. The van der Waals surface area contributed by atoms with Gasteiger partial charge in [-0.05, 0) is 17.2 Å². The fraction of sp³-hybridized carbons (Fsp3) is 0.167. The number of carbonyl (C=O) groups is 1. The van der Waals surface area contributed by atoms with Crippen LogP contribution in [0.3, 0.4) is 0 Å². The van der Waals surface area contributed by atoms with E-state index in [1.807, 2.05) is 24.3 Å². The lowest BCUT2D eigenvalue weighted by molar-refractivity contribution is -0.136. The van der Waals surface area contributed by atoms with Crippen LogP contribution in [0.15, 0.2) is 36.5 Å². The first-order valence-corrected chi connectivity index (χ1v) is 5.22. The second kappa shape index (κ2) is 4.69. The van der Waals surface area contributed by atoms with Gasteiger partial charge in [0.25, 0.3) is 0 Å². The Balaban J connectivity index is 2.23. The standard InChI is InChI=1S/C12H13N3O2/c13-11-5-6-15(14-11)8-10-4-2-1-3-9(10)7-12(16)17/h1-6H,7-8H2,(H2,13,14)(H,16,17). The number of rotatable bonds is 4. The molecule has 1 aromatic carbocycles. The summed E-state index contributed by atoms with van der Waals surface area (Å²) in [5, 5.41) is 12.9. The molecule has 0 aliphatic carbocycles. The highest BCUT2D eigenvalue weighted by atomic mass is 16.4. The first-order chi connectivity index (χ1) is 8.15. The van der Waals surface area contributed by atoms with Gasteiger partial charge in [-0.25, -0.2) is 0 Å². The van der Waals surface area contributed by atoms with Gasteiger partial charge in [-0.15, -0.1) is 0 Å². The predicted octanol–water partition coefficient (Wildman–Crippen LogP) is 1.14. The fourth-order valence-electron chi connectivity index (χ4n) is 1.69. The minimum absolute atomic E-state index is 0.0208. The van der Waals surface area contributed by atoms with Crippen molar-refractivity contribution in [1.29, 1.82) is 0 Å². The second-order valence-electron chi connectivity index (χ2n) is 3.78. The Morgan fingerprint density at radius 1 is 1.29 bits per heavy atom. The smallest absolute Gasteiger partial charge is 0.307 e. The third-order valence-corrected chi connectivity index (χ3v) is 2.45. The SMILES string of the molecule is Nc1ccn(Cc2ccccc2CC(=O)O)n1. The molecule has 88 valence electrons. The van der Waals surface area contributed by atoms with Crippen LogP contribution in [0.25, 0.3) is 0 Å². The molecule has 0 saturated carbocycles. The van der Waals surface area contributed by atoms with Gasteiger partial charge in [0.2, 0.25) is 0 Å². The van der Waals surface area contributed by atoms with Crippen molar-refractivity contribution < 1.29 is 9.90 Å². The molecule has 0 aliphatic rings. The maximum absolute atomic E-state index is 10.7. The molecular formula is C12H13N3O2. The molecule has 0 spiro atoms. The van der Waals surface area contributed by atoms with Gasteiger partial charge in [0.05, 0.1) is 13.0 Å². The van der Waals surface area contributed by atoms with Gasteiger partial charge >= 0.3 is 5.97 Å². The van der Waals surface area contributed by atoms with E-state index in [1.54, 1.807) is 16.9 Å². The quantitative estimate of drug-likeness (QED) is 0.826. The summed E-state index contributed by atoms with van der Waals surface area (Å²) in [6, 6.07) is 9.14. The van der Waals surface area contributed by atoms with E-state index < -0.39 is 5.97 Å². The van der Waals surface area contributed by atoms with E-state index in [-0.39, 0.29) is 6.42 Å². The number of aromatic nitrogens is 2. The van der Waals surface area contributed by atoms with Crippen molar-refractivity contribution in [3.05, 3.63) is 47.7 Å². The largest absolute Gasteiger partial charge is 0.481 e. The van der Waals surface area contributed by atoms with Crippen LogP contribution in [0.5, 0.6) is 0 Å². The fourth-order valence-corrected chi connectivity index (χ4v) is 1.69. The lowest BCUT2D eigenvalue weighted by atomic mass is 10.0. The molecule has 5 nitrogen and oxygen atoms in total. The van der Waals surface area contributed by atoms with E-state index in [0.717, 1.165) is 11.1 Å². The number of carboxylic acids is 1. The molecular weight excluding hydrogens is 218 g/mol. The molecule has 17 heavy (non-hydrogen) atoms. The summed E-state index contributed by atoms with van der Waals surface area (Å²) in [6.45, 7) is 0.528. The molecule has 0 radical (unpaired) electrons. The number of aliphatic carboxylic acids is 1. The molecule has 0 bridgehead atoms. The number of anilines is 1. The minimum atomic E-state index is -0.836. The first kappa shape index (κ1) is 11.2. The molecule has 0 unspecified atom stereocenters. The van der Waals surface area contributed by atoms with Crippen molar-refractivity contribution >= 4 is 11.8 Å². The summed E-state index contributed by atoms with van der Waals surface area (Å²) in [7, 11) is 0. The van der Waals surface area contributed by atoms with Crippen molar-refractivity contribution in [3.63, 3.8) is 0 Å². The molecule has 5 heteroatoms. The number of benzene rings is 1. The third kappa shape index (κ3) is 2.84. The first-order valence-electron chi connectivity index (χ1n) is 5.22. The molecule has 0 amide bonds. The highest BCUT2D eigenvalue weighted by Crippen LogP contribution is 2.11. The van der Waals surface area contributed by atoms with Gasteiger partial charge in [0.15, 0.2) is 0 Å². The Morgan fingerprint density at radius 2 is 2.00 bits per heavy atom. The zero-order valence-corrected chi connectivity index (χ0v) is 9.21. The Bertz CT molecular complexity index is 534. The molecule has 0 aliphatic heterocycles. The van der Waals surface area contributed by atoms with Gasteiger partial charge in [0, 0.05) is 6.20 Å².